The zero-order chi connectivity index (χ0) is 17.9. The Balaban J connectivity index is 2.23. The zero-order valence-corrected chi connectivity index (χ0v) is 16.3. The van der Waals surface area contributed by atoms with Gasteiger partial charge in [-0.25, -0.2) is 13.1 Å². The van der Waals surface area contributed by atoms with Crippen molar-refractivity contribution in [2.45, 2.75) is 24.8 Å². The Morgan fingerprint density at radius 1 is 1.21 bits per heavy atom. The van der Waals surface area contributed by atoms with Crippen LogP contribution in [0.2, 0.25) is 4.34 Å². The Morgan fingerprint density at radius 3 is 2.42 bits per heavy atom. The first kappa shape index (κ1) is 19.2. The number of halogens is 1. The van der Waals surface area contributed by atoms with Crippen LogP contribution in [0, 0.1) is 13.8 Å². The predicted molar refractivity (Wildman–Crippen MR) is 96.7 cm³/mol. The van der Waals surface area contributed by atoms with E-state index in [0.29, 0.717) is 10.1 Å². The molecule has 0 aliphatic carbocycles. The molecule has 2 aromatic rings. The van der Waals surface area contributed by atoms with E-state index >= 15 is 0 Å². The average Bonchev–Trinajstić information content (AvgIpc) is 2.96. The third-order valence-electron chi connectivity index (χ3n) is 3.72. The molecule has 0 aliphatic rings. The van der Waals surface area contributed by atoms with Gasteiger partial charge in [-0.3, -0.25) is 0 Å². The molecule has 0 saturated heterocycles. The molecule has 0 amide bonds. The molecule has 0 spiro atoms. The lowest BCUT2D eigenvalue weighted by molar-refractivity contribution is 0.110. The summed E-state index contributed by atoms with van der Waals surface area (Å²) in [6.45, 7) is 3.87. The molecule has 2 rings (SSSR count). The maximum atomic E-state index is 12.7. The summed E-state index contributed by atoms with van der Waals surface area (Å²) in [5.41, 5.74) is 1.85. The molecule has 8 heteroatoms. The van der Waals surface area contributed by atoms with E-state index in [4.69, 9.17) is 21.1 Å². The molecule has 1 N–H and O–H groups in total. The minimum Gasteiger partial charge on any atom is -0.495 e. The number of thiophene rings is 1. The fourth-order valence-electron chi connectivity index (χ4n) is 2.20. The smallest absolute Gasteiger partial charge is 0.244 e. The largest absolute Gasteiger partial charge is 0.495 e. The summed E-state index contributed by atoms with van der Waals surface area (Å²) in [5.74, 6) is 0.318. The summed E-state index contributed by atoms with van der Waals surface area (Å²) in [6.07, 6.45) is -0.408. The summed E-state index contributed by atoms with van der Waals surface area (Å²) in [7, 11) is -0.748. The van der Waals surface area contributed by atoms with Gasteiger partial charge in [-0.05, 0) is 49.2 Å². The Kier molecular flexibility index (Phi) is 6.28. The first-order chi connectivity index (χ1) is 11.3. The van der Waals surface area contributed by atoms with Crippen LogP contribution < -0.4 is 9.46 Å². The van der Waals surface area contributed by atoms with Gasteiger partial charge in [-0.15, -0.1) is 11.3 Å². The molecule has 0 fully saturated rings. The molecule has 1 atom stereocenters. The highest BCUT2D eigenvalue weighted by Crippen LogP contribution is 2.30. The topological polar surface area (TPSA) is 64.6 Å². The van der Waals surface area contributed by atoms with Crippen molar-refractivity contribution in [2.24, 2.45) is 0 Å². The van der Waals surface area contributed by atoms with Gasteiger partial charge in [0.1, 0.15) is 16.7 Å². The molecule has 1 aromatic heterocycles. The van der Waals surface area contributed by atoms with E-state index < -0.39 is 16.1 Å². The van der Waals surface area contributed by atoms with Crippen molar-refractivity contribution in [3.63, 3.8) is 0 Å². The lowest BCUT2D eigenvalue weighted by atomic mass is 10.1. The molecule has 1 heterocycles. The van der Waals surface area contributed by atoms with Gasteiger partial charge in [-0.1, -0.05) is 11.6 Å². The van der Waals surface area contributed by atoms with E-state index in [-0.39, 0.29) is 11.4 Å². The summed E-state index contributed by atoms with van der Waals surface area (Å²) < 4.78 is 39.1. The SMILES string of the molecule is COc1cc(C)c(C)cc1S(=O)(=O)NC[C@H](OC)c1ccc(Cl)s1. The number of benzene rings is 1. The van der Waals surface area contributed by atoms with E-state index in [1.54, 1.807) is 18.2 Å². The first-order valence-electron chi connectivity index (χ1n) is 7.21. The number of nitrogens with one attached hydrogen (secondary N) is 1. The van der Waals surface area contributed by atoms with Crippen LogP contribution in [0.1, 0.15) is 22.1 Å². The Morgan fingerprint density at radius 2 is 1.88 bits per heavy atom. The second-order valence-corrected chi connectivity index (χ2v) is 8.79. The van der Waals surface area contributed by atoms with Crippen LogP contribution in [0.5, 0.6) is 5.75 Å². The van der Waals surface area contributed by atoms with Gasteiger partial charge in [0, 0.05) is 18.5 Å². The van der Waals surface area contributed by atoms with Crippen LogP contribution in [0.3, 0.4) is 0 Å². The van der Waals surface area contributed by atoms with Crippen molar-refractivity contribution >= 4 is 33.0 Å². The van der Waals surface area contributed by atoms with Gasteiger partial charge < -0.3 is 9.47 Å². The lowest BCUT2D eigenvalue weighted by Gasteiger charge is -2.17. The van der Waals surface area contributed by atoms with E-state index in [9.17, 15) is 8.42 Å². The Bertz CT molecular complexity index is 817. The maximum Gasteiger partial charge on any atom is 0.244 e. The van der Waals surface area contributed by atoms with Crippen molar-refractivity contribution < 1.29 is 17.9 Å². The molecular weight excluding hydrogens is 370 g/mol. The van der Waals surface area contributed by atoms with Crippen LogP contribution in [0.4, 0.5) is 0 Å². The maximum absolute atomic E-state index is 12.7. The van der Waals surface area contributed by atoms with Gasteiger partial charge >= 0.3 is 0 Å². The zero-order valence-electron chi connectivity index (χ0n) is 13.9. The molecule has 0 saturated carbocycles. The van der Waals surface area contributed by atoms with Gasteiger partial charge in [0.25, 0.3) is 0 Å². The van der Waals surface area contributed by atoms with Crippen molar-refractivity contribution in [1.82, 2.24) is 4.72 Å². The molecule has 0 radical (unpaired) electrons. The summed E-state index contributed by atoms with van der Waals surface area (Å²) >= 11 is 7.29. The molecular formula is C16H20ClNO4S2. The lowest BCUT2D eigenvalue weighted by Crippen LogP contribution is -2.29. The molecule has 0 aliphatic heterocycles. The highest BCUT2D eigenvalue weighted by atomic mass is 35.5. The second kappa shape index (κ2) is 7.84. The number of sulfonamides is 1. The first-order valence-corrected chi connectivity index (χ1v) is 9.89. The number of hydrogen-bond acceptors (Lipinski definition) is 5. The van der Waals surface area contributed by atoms with Crippen LogP contribution in [0.15, 0.2) is 29.2 Å². The van der Waals surface area contributed by atoms with E-state index in [2.05, 4.69) is 4.72 Å². The molecule has 132 valence electrons. The van der Waals surface area contributed by atoms with E-state index in [1.165, 1.54) is 25.6 Å². The molecule has 1 aromatic carbocycles. The van der Waals surface area contributed by atoms with Crippen LogP contribution in [-0.2, 0) is 14.8 Å². The molecule has 0 bridgehead atoms. The highest BCUT2D eigenvalue weighted by Gasteiger charge is 2.23. The number of methoxy groups -OCH3 is 2. The fourth-order valence-corrected chi connectivity index (χ4v) is 4.60. The standard InChI is InChI=1S/C16H20ClNO4S2/c1-10-7-12(21-3)15(8-11(10)2)24(19,20)18-9-13(22-4)14-5-6-16(17)23-14/h5-8,13,18H,9H2,1-4H3/t13-/m0/s1. The van der Waals surface area contributed by atoms with Gasteiger partial charge in [-0.2, -0.15) is 0 Å². The Labute approximate surface area is 151 Å². The number of ether oxygens (including phenoxy) is 2. The molecule has 0 unspecified atom stereocenters. The predicted octanol–water partition coefficient (Wildman–Crippen LogP) is 3.69. The Hall–Kier alpha value is -1.12. The summed E-state index contributed by atoms with van der Waals surface area (Å²) in [5, 5.41) is 0. The van der Waals surface area contributed by atoms with Crippen LogP contribution >= 0.6 is 22.9 Å². The van der Waals surface area contributed by atoms with Crippen LogP contribution in [0.25, 0.3) is 0 Å². The number of hydrogen-bond donors (Lipinski definition) is 1. The summed E-state index contributed by atoms with van der Waals surface area (Å²) in [6, 6.07) is 6.91. The average molecular weight is 390 g/mol. The molecule has 24 heavy (non-hydrogen) atoms. The fraction of sp³-hybridized carbons (Fsp3) is 0.375. The van der Waals surface area contributed by atoms with Crippen molar-refractivity contribution in [3.05, 3.63) is 44.6 Å². The van der Waals surface area contributed by atoms with E-state index in [0.717, 1.165) is 16.0 Å². The summed E-state index contributed by atoms with van der Waals surface area (Å²) in [4.78, 5) is 0.976. The third-order valence-corrected chi connectivity index (χ3v) is 6.49. The van der Waals surface area contributed by atoms with Crippen molar-refractivity contribution in [3.8, 4) is 5.75 Å². The number of rotatable bonds is 7. The minimum atomic E-state index is -3.73. The second-order valence-electron chi connectivity index (χ2n) is 5.31. The van der Waals surface area contributed by atoms with Crippen LogP contribution in [-0.4, -0.2) is 29.2 Å². The number of aryl methyl sites for hydroxylation is 2. The van der Waals surface area contributed by atoms with Crippen molar-refractivity contribution in [2.75, 3.05) is 20.8 Å². The van der Waals surface area contributed by atoms with Gasteiger partial charge in [0.15, 0.2) is 0 Å². The minimum absolute atomic E-state index is 0.103. The van der Waals surface area contributed by atoms with E-state index in [1.807, 2.05) is 19.9 Å². The third kappa shape index (κ3) is 4.29. The van der Waals surface area contributed by atoms with Gasteiger partial charge in [0.2, 0.25) is 10.0 Å². The monoisotopic (exact) mass is 389 g/mol. The molecule has 5 nitrogen and oxygen atoms in total. The van der Waals surface area contributed by atoms with Crippen molar-refractivity contribution in [1.29, 1.82) is 0 Å². The quantitative estimate of drug-likeness (QED) is 0.784. The normalized spacial score (nSPS) is 13.0. The van der Waals surface area contributed by atoms with Gasteiger partial charge in [0.05, 0.1) is 11.4 Å². The highest BCUT2D eigenvalue weighted by molar-refractivity contribution is 7.89.